The molecule has 1 aliphatic carbocycles. The van der Waals surface area contributed by atoms with Crippen molar-refractivity contribution in [1.82, 2.24) is 10.2 Å². The zero-order valence-electron chi connectivity index (χ0n) is 11.6. The van der Waals surface area contributed by atoms with Gasteiger partial charge in [-0.05, 0) is 44.9 Å². The largest absolute Gasteiger partial charge is 0.392 e. The van der Waals surface area contributed by atoms with Crippen LogP contribution < -0.4 is 5.32 Å². The van der Waals surface area contributed by atoms with Gasteiger partial charge >= 0.3 is 0 Å². The van der Waals surface area contributed by atoms with Crippen molar-refractivity contribution >= 4 is 5.91 Å². The van der Waals surface area contributed by atoms with Gasteiger partial charge in [-0.15, -0.1) is 0 Å². The average Bonchev–Trinajstić information content (AvgIpc) is 2.78. The molecule has 0 radical (unpaired) electrons. The van der Waals surface area contributed by atoms with Crippen molar-refractivity contribution < 1.29 is 9.90 Å². The Kier molecular flexibility index (Phi) is 4.62. The molecule has 4 nitrogen and oxygen atoms in total. The van der Waals surface area contributed by atoms with Crippen molar-refractivity contribution in [3.05, 3.63) is 0 Å². The molecule has 2 fully saturated rings. The van der Waals surface area contributed by atoms with E-state index >= 15 is 0 Å². The third kappa shape index (κ3) is 3.45. The first kappa shape index (κ1) is 13.8. The van der Waals surface area contributed by atoms with Crippen LogP contribution in [0.4, 0.5) is 0 Å². The summed E-state index contributed by atoms with van der Waals surface area (Å²) >= 11 is 0. The van der Waals surface area contributed by atoms with Crippen LogP contribution in [0.2, 0.25) is 0 Å². The van der Waals surface area contributed by atoms with E-state index < -0.39 is 0 Å². The lowest BCUT2D eigenvalue weighted by molar-refractivity contribution is -0.126. The first-order valence-electron chi connectivity index (χ1n) is 7.28. The number of carbonyl (C=O) groups is 1. The Morgan fingerprint density at radius 1 is 1.28 bits per heavy atom. The zero-order chi connectivity index (χ0) is 13.1. The van der Waals surface area contributed by atoms with Crippen molar-refractivity contribution in [3.63, 3.8) is 0 Å². The van der Waals surface area contributed by atoms with Crippen molar-refractivity contribution in [3.8, 4) is 0 Å². The average molecular weight is 254 g/mol. The van der Waals surface area contributed by atoms with Crippen LogP contribution in [0.15, 0.2) is 0 Å². The van der Waals surface area contributed by atoms with Crippen LogP contribution in [-0.2, 0) is 4.79 Å². The summed E-state index contributed by atoms with van der Waals surface area (Å²) in [6.45, 7) is 5.69. The highest BCUT2D eigenvalue weighted by Crippen LogP contribution is 2.23. The van der Waals surface area contributed by atoms with Crippen LogP contribution in [0, 0.1) is 5.92 Å². The fourth-order valence-corrected chi connectivity index (χ4v) is 3.01. The number of likely N-dealkylation sites (tertiary alicyclic amines) is 1. The van der Waals surface area contributed by atoms with E-state index in [9.17, 15) is 9.90 Å². The molecule has 104 valence electrons. The number of nitrogens with one attached hydrogen (secondary N) is 1. The van der Waals surface area contributed by atoms with E-state index in [0.717, 1.165) is 31.7 Å². The minimum absolute atomic E-state index is 0.110. The second-order valence-corrected chi connectivity index (χ2v) is 6.08. The minimum Gasteiger partial charge on any atom is -0.392 e. The molecule has 2 aliphatic rings. The van der Waals surface area contributed by atoms with E-state index in [1.807, 2.05) is 6.92 Å². The number of aliphatic hydroxyl groups is 1. The molecule has 0 aromatic carbocycles. The molecule has 0 aromatic heterocycles. The molecule has 1 unspecified atom stereocenters. The van der Waals surface area contributed by atoms with Gasteiger partial charge in [-0.3, -0.25) is 9.69 Å². The highest BCUT2D eigenvalue weighted by Gasteiger charge is 2.30. The van der Waals surface area contributed by atoms with Gasteiger partial charge in [0.2, 0.25) is 5.91 Å². The first-order chi connectivity index (χ1) is 8.56. The van der Waals surface area contributed by atoms with Crippen molar-refractivity contribution in [2.75, 3.05) is 13.1 Å². The fourth-order valence-electron chi connectivity index (χ4n) is 3.01. The van der Waals surface area contributed by atoms with Crippen LogP contribution in [0.25, 0.3) is 0 Å². The van der Waals surface area contributed by atoms with Gasteiger partial charge in [-0.1, -0.05) is 6.92 Å². The van der Waals surface area contributed by atoms with Crippen molar-refractivity contribution in [2.24, 2.45) is 5.92 Å². The normalized spacial score (nSPS) is 35.4. The number of hydrogen-bond donors (Lipinski definition) is 2. The van der Waals surface area contributed by atoms with Gasteiger partial charge < -0.3 is 10.4 Å². The highest BCUT2D eigenvalue weighted by atomic mass is 16.3. The van der Waals surface area contributed by atoms with Gasteiger partial charge in [-0.2, -0.15) is 0 Å². The van der Waals surface area contributed by atoms with E-state index in [4.69, 9.17) is 0 Å². The molecule has 2 rings (SSSR count). The van der Waals surface area contributed by atoms with Gasteiger partial charge in [0.25, 0.3) is 0 Å². The summed E-state index contributed by atoms with van der Waals surface area (Å²) in [5, 5.41) is 12.7. The molecule has 4 heteroatoms. The molecule has 1 amide bonds. The predicted molar refractivity (Wildman–Crippen MR) is 71.2 cm³/mol. The van der Waals surface area contributed by atoms with Gasteiger partial charge in [0.05, 0.1) is 12.1 Å². The molecule has 1 saturated carbocycles. The van der Waals surface area contributed by atoms with Gasteiger partial charge in [0.15, 0.2) is 0 Å². The maximum absolute atomic E-state index is 12.2. The van der Waals surface area contributed by atoms with E-state index in [1.54, 1.807) is 0 Å². The van der Waals surface area contributed by atoms with Crippen LogP contribution in [0.5, 0.6) is 0 Å². The smallest absolute Gasteiger partial charge is 0.237 e. The maximum atomic E-state index is 12.2. The molecule has 0 aromatic rings. The number of hydrogen-bond acceptors (Lipinski definition) is 3. The van der Waals surface area contributed by atoms with E-state index in [0.29, 0.717) is 12.6 Å². The number of amides is 1. The molecule has 2 atom stereocenters. The first-order valence-corrected chi connectivity index (χ1v) is 7.28. The second kappa shape index (κ2) is 6.02. The monoisotopic (exact) mass is 254 g/mol. The van der Waals surface area contributed by atoms with E-state index in [1.165, 1.54) is 12.8 Å². The SMILES string of the molecule is CC1CCC(NC(=O)C(C)N2CC[C@H](O)C2)CC1. The standard InChI is InChI=1S/C14H26N2O2/c1-10-3-5-12(6-4-10)15-14(18)11(2)16-8-7-13(17)9-16/h10-13,17H,3-9H2,1-2H3,(H,15,18)/t10?,11?,12?,13-/m0/s1. The summed E-state index contributed by atoms with van der Waals surface area (Å²) in [6, 6.07) is 0.255. The third-order valence-corrected chi connectivity index (χ3v) is 4.48. The Bertz CT molecular complexity index is 288. The quantitative estimate of drug-likeness (QED) is 0.794. The fraction of sp³-hybridized carbons (Fsp3) is 0.929. The number of β-amino-alcohol motifs (C(OH)–C–C–N with tert-alkyl or cyclic N) is 1. The summed E-state index contributed by atoms with van der Waals surface area (Å²) in [4.78, 5) is 14.2. The molecule has 0 spiro atoms. The maximum Gasteiger partial charge on any atom is 0.237 e. The lowest BCUT2D eigenvalue weighted by atomic mass is 9.87. The third-order valence-electron chi connectivity index (χ3n) is 4.48. The van der Waals surface area contributed by atoms with Crippen molar-refractivity contribution in [1.29, 1.82) is 0 Å². The molecule has 1 saturated heterocycles. The predicted octanol–water partition coefficient (Wildman–Crippen LogP) is 1.14. The van der Waals surface area contributed by atoms with Gasteiger partial charge in [0.1, 0.15) is 0 Å². The summed E-state index contributed by atoms with van der Waals surface area (Å²) in [6.07, 6.45) is 5.21. The number of aliphatic hydroxyl groups excluding tert-OH is 1. The summed E-state index contributed by atoms with van der Waals surface area (Å²) in [5.74, 6) is 0.938. The lowest BCUT2D eigenvalue weighted by Crippen LogP contribution is -2.48. The molecule has 2 N–H and O–H groups in total. The topological polar surface area (TPSA) is 52.6 Å². The lowest BCUT2D eigenvalue weighted by Gasteiger charge is -2.30. The summed E-state index contributed by atoms with van der Waals surface area (Å²) in [7, 11) is 0. The molecular weight excluding hydrogens is 228 g/mol. The molecule has 1 aliphatic heterocycles. The molecule has 18 heavy (non-hydrogen) atoms. The summed E-state index contributed by atoms with van der Waals surface area (Å²) < 4.78 is 0. The second-order valence-electron chi connectivity index (χ2n) is 6.08. The molecule has 0 bridgehead atoms. The zero-order valence-corrected chi connectivity index (χ0v) is 11.6. The Morgan fingerprint density at radius 3 is 2.50 bits per heavy atom. The Labute approximate surface area is 110 Å². The highest BCUT2D eigenvalue weighted by molar-refractivity contribution is 5.81. The minimum atomic E-state index is -0.254. The number of carbonyl (C=O) groups excluding carboxylic acids is 1. The molecule has 1 heterocycles. The van der Waals surface area contributed by atoms with Crippen LogP contribution in [-0.4, -0.2) is 47.2 Å². The Balaban J connectivity index is 1.77. The van der Waals surface area contributed by atoms with Gasteiger partial charge in [-0.25, -0.2) is 0 Å². The molecular formula is C14H26N2O2. The number of nitrogens with zero attached hydrogens (tertiary/aromatic N) is 1. The Morgan fingerprint density at radius 2 is 1.94 bits per heavy atom. The van der Waals surface area contributed by atoms with E-state index in [2.05, 4.69) is 17.1 Å². The van der Waals surface area contributed by atoms with Crippen molar-refractivity contribution in [2.45, 2.75) is 64.1 Å². The van der Waals surface area contributed by atoms with Crippen LogP contribution in [0.1, 0.15) is 46.0 Å². The summed E-state index contributed by atoms with van der Waals surface area (Å²) in [5.41, 5.74) is 0. The van der Waals surface area contributed by atoms with Crippen LogP contribution in [0.3, 0.4) is 0 Å². The number of rotatable bonds is 3. The Hall–Kier alpha value is -0.610. The van der Waals surface area contributed by atoms with E-state index in [-0.39, 0.29) is 18.1 Å². The van der Waals surface area contributed by atoms with Crippen LogP contribution >= 0.6 is 0 Å². The van der Waals surface area contributed by atoms with Gasteiger partial charge in [0, 0.05) is 19.1 Å².